The van der Waals surface area contributed by atoms with Gasteiger partial charge >= 0.3 is 0 Å². The predicted octanol–water partition coefficient (Wildman–Crippen LogP) is 1.27. The van der Waals surface area contributed by atoms with Crippen molar-refractivity contribution in [1.82, 2.24) is 20.1 Å². The van der Waals surface area contributed by atoms with Gasteiger partial charge in [-0.3, -0.25) is 4.79 Å². The molecule has 1 aromatic carbocycles. The minimum atomic E-state index is -0.203. The average Bonchev–Trinajstić information content (AvgIpc) is 2.81. The summed E-state index contributed by atoms with van der Waals surface area (Å²) in [5.41, 5.74) is 0. The fourth-order valence-electron chi connectivity index (χ4n) is 1.38. The van der Waals surface area contributed by atoms with E-state index < -0.39 is 0 Å². The van der Waals surface area contributed by atoms with E-state index in [1.165, 1.54) is 0 Å². The summed E-state index contributed by atoms with van der Waals surface area (Å²) in [5.74, 6) is 1.14. The molecule has 0 radical (unpaired) electrons. The van der Waals surface area contributed by atoms with Crippen molar-refractivity contribution in [1.29, 1.82) is 0 Å². The Labute approximate surface area is 118 Å². The molecular weight excluding hydrogens is 312 g/mol. The van der Waals surface area contributed by atoms with Gasteiger partial charge in [0.1, 0.15) is 12.1 Å². The second kappa shape index (κ2) is 6.33. The lowest BCUT2D eigenvalue weighted by Gasteiger charge is -2.07. The van der Waals surface area contributed by atoms with Gasteiger partial charge in [-0.2, -0.15) is 0 Å². The van der Waals surface area contributed by atoms with Gasteiger partial charge in [0, 0.05) is 11.5 Å². The van der Waals surface area contributed by atoms with Crippen molar-refractivity contribution in [2.75, 3.05) is 6.61 Å². The smallest absolute Gasteiger partial charge is 0.258 e. The Morgan fingerprint density at radius 2 is 2.16 bits per heavy atom. The molecular formula is C12H13BrN4O2. The van der Waals surface area contributed by atoms with Crippen LogP contribution in [0.2, 0.25) is 0 Å². The molecule has 6 nitrogen and oxygen atoms in total. The second-order valence-electron chi connectivity index (χ2n) is 3.88. The molecule has 0 aliphatic heterocycles. The molecule has 0 aliphatic rings. The van der Waals surface area contributed by atoms with E-state index in [1.807, 2.05) is 19.2 Å². The first-order valence-corrected chi connectivity index (χ1v) is 6.42. The molecule has 1 amide bonds. The minimum Gasteiger partial charge on any atom is -0.484 e. The first-order valence-electron chi connectivity index (χ1n) is 5.63. The van der Waals surface area contributed by atoms with Gasteiger partial charge in [-0.15, -0.1) is 10.2 Å². The highest BCUT2D eigenvalue weighted by Gasteiger charge is 2.05. The van der Waals surface area contributed by atoms with Crippen LogP contribution >= 0.6 is 15.9 Å². The van der Waals surface area contributed by atoms with Gasteiger partial charge in [0.2, 0.25) is 0 Å². The number of hydrogen-bond donors (Lipinski definition) is 1. The Morgan fingerprint density at radius 1 is 1.42 bits per heavy atom. The van der Waals surface area contributed by atoms with Crippen LogP contribution in [0.3, 0.4) is 0 Å². The molecule has 19 heavy (non-hydrogen) atoms. The molecule has 0 fully saturated rings. The van der Waals surface area contributed by atoms with E-state index in [0.29, 0.717) is 18.1 Å². The van der Waals surface area contributed by atoms with Crippen LogP contribution in [0.25, 0.3) is 0 Å². The van der Waals surface area contributed by atoms with Crippen molar-refractivity contribution in [3.8, 4) is 5.75 Å². The van der Waals surface area contributed by atoms with Gasteiger partial charge in [-0.25, -0.2) is 0 Å². The zero-order chi connectivity index (χ0) is 13.7. The van der Waals surface area contributed by atoms with Crippen molar-refractivity contribution >= 4 is 21.8 Å². The average molecular weight is 325 g/mol. The maximum atomic E-state index is 11.6. The first-order chi connectivity index (χ1) is 9.15. The first kappa shape index (κ1) is 13.5. The zero-order valence-corrected chi connectivity index (χ0v) is 11.9. The SMILES string of the molecule is Cn1cnnc1CNC(=O)COc1ccc(Br)cc1. The van der Waals surface area contributed by atoms with Gasteiger partial charge in [0.05, 0.1) is 6.54 Å². The largest absolute Gasteiger partial charge is 0.484 e. The summed E-state index contributed by atoms with van der Waals surface area (Å²) >= 11 is 3.33. The molecule has 0 spiro atoms. The Bertz CT molecular complexity index is 553. The van der Waals surface area contributed by atoms with E-state index in [1.54, 1.807) is 23.0 Å². The number of benzene rings is 1. The van der Waals surface area contributed by atoms with Crippen molar-refractivity contribution in [3.05, 3.63) is 40.9 Å². The third-order valence-electron chi connectivity index (χ3n) is 2.43. The van der Waals surface area contributed by atoms with Gasteiger partial charge in [0.25, 0.3) is 5.91 Å². The molecule has 0 bridgehead atoms. The molecule has 0 saturated heterocycles. The van der Waals surface area contributed by atoms with E-state index in [9.17, 15) is 4.79 Å². The van der Waals surface area contributed by atoms with Crippen molar-refractivity contribution in [2.45, 2.75) is 6.54 Å². The Hall–Kier alpha value is -1.89. The topological polar surface area (TPSA) is 69.0 Å². The number of carbonyl (C=O) groups is 1. The molecule has 1 N–H and O–H groups in total. The Morgan fingerprint density at radius 3 is 2.79 bits per heavy atom. The van der Waals surface area contributed by atoms with Gasteiger partial charge < -0.3 is 14.6 Å². The van der Waals surface area contributed by atoms with Crippen LogP contribution in [0.4, 0.5) is 0 Å². The highest BCUT2D eigenvalue weighted by molar-refractivity contribution is 9.10. The summed E-state index contributed by atoms with van der Waals surface area (Å²) in [6.07, 6.45) is 1.58. The van der Waals surface area contributed by atoms with Crippen molar-refractivity contribution in [3.63, 3.8) is 0 Å². The fourth-order valence-corrected chi connectivity index (χ4v) is 1.64. The Balaban J connectivity index is 1.76. The van der Waals surface area contributed by atoms with E-state index >= 15 is 0 Å². The maximum absolute atomic E-state index is 11.6. The van der Waals surface area contributed by atoms with Gasteiger partial charge in [-0.05, 0) is 24.3 Å². The number of ether oxygens (including phenoxy) is 1. The summed E-state index contributed by atoms with van der Waals surface area (Å²) < 4.78 is 8.06. The fraction of sp³-hybridized carbons (Fsp3) is 0.250. The second-order valence-corrected chi connectivity index (χ2v) is 4.79. The van der Waals surface area contributed by atoms with Crippen molar-refractivity contribution in [2.24, 2.45) is 7.05 Å². The minimum absolute atomic E-state index is 0.0283. The van der Waals surface area contributed by atoms with Crippen LogP contribution in [0.15, 0.2) is 35.1 Å². The van der Waals surface area contributed by atoms with Gasteiger partial charge in [0.15, 0.2) is 12.4 Å². The molecule has 7 heteroatoms. The summed E-state index contributed by atoms with van der Waals surface area (Å²) in [4.78, 5) is 11.6. The normalized spacial score (nSPS) is 10.2. The number of aromatic nitrogens is 3. The van der Waals surface area contributed by atoms with Crippen LogP contribution < -0.4 is 10.1 Å². The molecule has 2 rings (SSSR count). The van der Waals surface area contributed by atoms with Crippen LogP contribution in [-0.4, -0.2) is 27.3 Å². The number of aryl methyl sites for hydroxylation is 1. The highest BCUT2D eigenvalue weighted by atomic mass is 79.9. The van der Waals surface area contributed by atoms with E-state index in [2.05, 4.69) is 31.4 Å². The zero-order valence-electron chi connectivity index (χ0n) is 10.3. The third-order valence-corrected chi connectivity index (χ3v) is 2.96. The van der Waals surface area contributed by atoms with E-state index in [-0.39, 0.29) is 12.5 Å². The summed E-state index contributed by atoms with van der Waals surface area (Å²) in [7, 11) is 1.82. The van der Waals surface area contributed by atoms with Crippen LogP contribution in [0, 0.1) is 0 Å². The number of halogens is 1. The van der Waals surface area contributed by atoms with E-state index in [0.717, 1.165) is 4.47 Å². The number of nitrogens with zero attached hydrogens (tertiary/aromatic N) is 3. The number of amides is 1. The van der Waals surface area contributed by atoms with Crippen LogP contribution in [0.1, 0.15) is 5.82 Å². The number of carbonyl (C=O) groups excluding carboxylic acids is 1. The molecule has 0 saturated carbocycles. The summed E-state index contributed by atoms with van der Waals surface area (Å²) in [6.45, 7) is 0.304. The van der Waals surface area contributed by atoms with Crippen LogP contribution in [-0.2, 0) is 18.4 Å². The molecule has 1 heterocycles. The molecule has 100 valence electrons. The number of rotatable bonds is 5. The lowest BCUT2D eigenvalue weighted by Crippen LogP contribution is -2.29. The highest BCUT2D eigenvalue weighted by Crippen LogP contribution is 2.15. The van der Waals surface area contributed by atoms with Crippen LogP contribution in [0.5, 0.6) is 5.75 Å². The lowest BCUT2D eigenvalue weighted by atomic mass is 10.3. The molecule has 0 atom stereocenters. The number of nitrogens with one attached hydrogen (secondary N) is 1. The number of hydrogen-bond acceptors (Lipinski definition) is 4. The quantitative estimate of drug-likeness (QED) is 0.899. The standard InChI is InChI=1S/C12H13BrN4O2/c1-17-8-15-16-11(17)6-14-12(18)7-19-10-4-2-9(13)3-5-10/h2-5,8H,6-7H2,1H3,(H,14,18). The van der Waals surface area contributed by atoms with E-state index in [4.69, 9.17) is 4.74 Å². The lowest BCUT2D eigenvalue weighted by molar-refractivity contribution is -0.123. The molecule has 2 aromatic rings. The van der Waals surface area contributed by atoms with Crippen molar-refractivity contribution < 1.29 is 9.53 Å². The monoisotopic (exact) mass is 324 g/mol. The maximum Gasteiger partial charge on any atom is 0.258 e. The third kappa shape index (κ3) is 4.06. The molecule has 1 aromatic heterocycles. The Kier molecular flexibility index (Phi) is 4.51. The summed E-state index contributed by atoms with van der Waals surface area (Å²) in [5, 5.41) is 10.3. The molecule has 0 unspecified atom stereocenters. The molecule has 0 aliphatic carbocycles. The summed E-state index contributed by atoms with van der Waals surface area (Å²) in [6, 6.07) is 7.29. The van der Waals surface area contributed by atoms with Gasteiger partial charge in [-0.1, -0.05) is 15.9 Å². The predicted molar refractivity (Wildman–Crippen MR) is 72.5 cm³/mol.